The Hall–Kier alpha value is -1.75. The van der Waals surface area contributed by atoms with E-state index in [0.717, 1.165) is 15.4 Å². The van der Waals surface area contributed by atoms with Crippen LogP contribution < -0.4 is 0 Å². The van der Waals surface area contributed by atoms with Gasteiger partial charge in [-0.1, -0.05) is 12.1 Å². The van der Waals surface area contributed by atoms with Crippen LogP contribution in [0.3, 0.4) is 0 Å². The van der Waals surface area contributed by atoms with E-state index in [9.17, 15) is 10.1 Å². The van der Waals surface area contributed by atoms with Gasteiger partial charge in [-0.05, 0) is 6.92 Å². The maximum absolute atomic E-state index is 10.6. The Morgan fingerprint density at radius 2 is 2.27 bits per heavy atom. The van der Waals surface area contributed by atoms with Crippen molar-refractivity contribution in [3.8, 4) is 10.6 Å². The van der Waals surface area contributed by atoms with Gasteiger partial charge in [0.05, 0.1) is 4.92 Å². The number of rotatable bonds is 2. The lowest BCUT2D eigenvalue weighted by molar-refractivity contribution is -0.384. The third kappa shape index (κ3) is 2.02. The largest absolute Gasteiger partial charge is 0.270 e. The molecule has 0 atom stereocenters. The molecule has 0 aliphatic rings. The monoisotopic (exact) mass is 220 g/mol. The van der Waals surface area contributed by atoms with Gasteiger partial charge >= 0.3 is 0 Å². The Morgan fingerprint density at radius 3 is 2.87 bits per heavy atom. The summed E-state index contributed by atoms with van der Waals surface area (Å²) in [7, 11) is 0. The summed E-state index contributed by atoms with van der Waals surface area (Å²) >= 11 is 1.53. The number of hydrogen-bond donors (Lipinski definition) is 0. The minimum absolute atomic E-state index is 0.0975. The van der Waals surface area contributed by atoms with Gasteiger partial charge in [-0.25, -0.2) is 4.98 Å². The molecule has 0 saturated carbocycles. The molecule has 0 N–H and O–H groups in total. The van der Waals surface area contributed by atoms with Gasteiger partial charge in [0.2, 0.25) is 0 Å². The molecule has 2 rings (SSSR count). The van der Waals surface area contributed by atoms with Gasteiger partial charge in [0.15, 0.2) is 0 Å². The Labute approximate surface area is 90.4 Å². The predicted octanol–water partition coefficient (Wildman–Crippen LogP) is 3.03. The van der Waals surface area contributed by atoms with Gasteiger partial charge in [-0.15, -0.1) is 11.3 Å². The van der Waals surface area contributed by atoms with Crippen LogP contribution in [0.5, 0.6) is 0 Å². The maximum atomic E-state index is 10.6. The first-order valence-corrected chi connectivity index (χ1v) is 5.16. The molecule has 76 valence electrons. The number of hydrogen-bond acceptors (Lipinski definition) is 4. The van der Waals surface area contributed by atoms with Crippen LogP contribution in [-0.4, -0.2) is 9.91 Å². The van der Waals surface area contributed by atoms with Crippen LogP contribution in [0.25, 0.3) is 10.6 Å². The van der Waals surface area contributed by atoms with Crippen LogP contribution in [0.4, 0.5) is 5.69 Å². The van der Waals surface area contributed by atoms with E-state index in [0.29, 0.717) is 0 Å². The van der Waals surface area contributed by atoms with Crippen molar-refractivity contribution in [3.05, 3.63) is 45.5 Å². The first-order valence-electron chi connectivity index (χ1n) is 4.34. The van der Waals surface area contributed by atoms with Gasteiger partial charge in [0.1, 0.15) is 5.01 Å². The molecule has 0 spiro atoms. The van der Waals surface area contributed by atoms with Gasteiger partial charge in [0, 0.05) is 28.8 Å². The minimum Gasteiger partial charge on any atom is -0.258 e. The topological polar surface area (TPSA) is 56.0 Å². The van der Waals surface area contributed by atoms with E-state index in [2.05, 4.69) is 4.98 Å². The lowest BCUT2D eigenvalue weighted by Gasteiger charge is -1.95. The van der Waals surface area contributed by atoms with Crippen molar-refractivity contribution >= 4 is 17.0 Å². The summed E-state index contributed by atoms with van der Waals surface area (Å²) < 4.78 is 0. The summed E-state index contributed by atoms with van der Waals surface area (Å²) in [4.78, 5) is 15.5. The fourth-order valence-corrected chi connectivity index (χ4v) is 2.00. The number of benzene rings is 1. The molecule has 1 aromatic heterocycles. The first kappa shape index (κ1) is 9.79. The number of aromatic nitrogens is 1. The SMILES string of the molecule is Cc1cnc(-c2cccc([N+](=O)[O-])c2)s1. The van der Waals surface area contributed by atoms with Crippen molar-refractivity contribution in [2.24, 2.45) is 0 Å². The number of aryl methyl sites for hydroxylation is 1. The standard InChI is InChI=1S/C10H8N2O2S/c1-7-6-11-10(15-7)8-3-2-4-9(5-8)12(13)14/h2-6H,1H3. The zero-order valence-electron chi connectivity index (χ0n) is 8.01. The summed E-state index contributed by atoms with van der Waals surface area (Å²) in [6.45, 7) is 1.96. The van der Waals surface area contributed by atoms with Crippen molar-refractivity contribution in [1.29, 1.82) is 0 Å². The second-order valence-corrected chi connectivity index (χ2v) is 4.32. The fourth-order valence-electron chi connectivity index (χ4n) is 1.24. The highest BCUT2D eigenvalue weighted by Crippen LogP contribution is 2.27. The van der Waals surface area contributed by atoms with Gasteiger partial charge < -0.3 is 0 Å². The van der Waals surface area contributed by atoms with E-state index < -0.39 is 4.92 Å². The van der Waals surface area contributed by atoms with E-state index >= 15 is 0 Å². The molecule has 0 radical (unpaired) electrons. The Kier molecular flexibility index (Phi) is 2.47. The van der Waals surface area contributed by atoms with E-state index in [1.54, 1.807) is 12.3 Å². The van der Waals surface area contributed by atoms with Gasteiger partial charge in [-0.3, -0.25) is 10.1 Å². The molecule has 2 aromatic rings. The Morgan fingerprint density at radius 1 is 1.47 bits per heavy atom. The van der Waals surface area contributed by atoms with Crippen LogP contribution in [0, 0.1) is 17.0 Å². The second-order valence-electron chi connectivity index (χ2n) is 3.08. The highest BCUT2D eigenvalue weighted by molar-refractivity contribution is 7.14. The summed E-state index contributed by atoms with van der Waals surface area (Å²) in [5.41, 5.74) is 0.891. The average Bonchev–Trinajstić information content (AvgIpc) is 2.65. The zero-order chi connectivity index (χ0) is 10.8. The van der Waals surface area contributed by atoms with Crippen molar-refractivity contribution in [2.75, 3.05) is 0 Å². The van der Waals surface area contributed by atoms with Gasteiger partial charge in [-0.2, -0.15) is 0 Å². The molecule has 5 heteroatoms. The highest BCUT2D eigenvalue weighted by Gasteiger charge is 2.08. The van der Waals surface area contributed by atoms with Crippen molar-refractivity contribution in [3.63, 3.8) is 0 Å². The van der Waals surface area contributed by atoms with Crippen LogP contribution in [0.15, 0.2) is 30.5 Å². The third-order valence-electron chi connectivity index (χ3n) is 1.93. The fraction of sp³-hybridized carbons (Fsp3) is 0.100. The van der Waals surface area contributed by atoms with Crippen LogP contribution in [0.1, 0.15) is 4.88 Å². The summed E-state index contributed by atoms with van der Waals surface area (Å²) in [5.74, 6) is 0. The molecule has 4 nitrogen and oxygen atoms in total. The predicted molar refractivity (Wildman–Crippen MR) is 58.9 cm³/mol. The van der Waals surface area contributed by atoms with Crippen LogP contribution in [-0.2, 0) is 0 Å². The first-order chi connectivity index (χ1) is 7.16. The second kappa shape index (κ2) is 3.78. The van der Waals surface area contributed by atoms with Gasteiger partial charge in [0.25, 0.3) is 5.69 Å². The van der Waals surface area contributed by atoms with E-state index in [-0.39, 0.29) is 5.69 Å². The van der Waals surface area contributed by atoms with Crippen molar-refractivity contribution in [2.45, 2.75) is 6.92 Å². The quantitative estimate of drug-likeness (QED) is 0.577. The number of nitro groups is 1. The number of nitro benzene ring substituents is 1. The van der Waals surface area contributed by atoms with Crippen LogP contribution in [0.2, 0.25) is 0 Å². The molecule has 1 heterocycles. The Balaban J connectivity index is 2.45. The molecule has 0 bridgehead atoms. The summed E-state index contributed by atoms with van der Waals surface area (Å²) in [6.07, 6.45) is 1.76. The smallest absolute Gasteiger partial charge is 0.258 e. The van der Waals surface area contributed by atoms with Crippen molar-refractivity contribution in [1.82, 2.24) is 4.98 Å². The lowest BCUT2D eigenvalue weighted by Crippen LogP contribution is -1.87. The highest BCUT2D eigenvalue weighted by atomic mass is 32.1. The molecule has 0 aliphatic carbocycles. The summed E-state index contributed by atoms with van der Waals surface area (Å²) in [6, 6.07) is 6.51. The van der Waals surface area contributed by atoms with Crippen molar-refractivity contribution < 1.29 is 4.92 Å². The normalized spacial score (nSPS) is 10.2. The molecular weight excluding hydrogens is 212 g/mol. The van der Waals surface area contributed by atoms with Crippen LogP contribution >= 0.6 is 11.3 Å². The number of thiazole rings is 1. The molecule has 0 fully saturated rings. The van der Waals surface area contributed by atoms with E-state index in [1.807, 2.05) is 13.0 Å². The lowest BCUT2D eigenvalue weighted by atomic mass is 10.2. The van der Waals surface area contributed by atoms with E-state index in [1.165, 1.54) is 23.5 Å². The molecule has 0 saturated heterocycles. The molecule has 0 amide bonds. The third-order valence-corrected chi connectivity index (χ3v) is 2.89. The molecule has 0 aliphatic heterocycles. The zero-order valence-corrected chi connectivity index (χ0v) is 8.82. The molecule has 0 unspecified atom stereocenters. The number of nitrogens with zero attached hydrogens (tertiary/aromatic N) is 2. The average molecular weight is 220 g/mol. The maximum Gasteiger partial charge on any atom is 0.270 e. The minimum atomic E-state index is -0.399. The molecule has 1 aromatic carbocycles. The Bertz CT molecular complexity index is 508. The molecular formula is C10H8N2O2S. The summed E-state index contributed by atoms with van der Waals surface area (Å²) in [5, 5.41) is 11.4. The van der Waals surface area contributed by atoms with E-state index in [4.69, 9.17) is 0 Å². The molecule has 15 heavy (non-hydrogen) atoms. The number of non-ortho nitro benzene ring substituents is 1.